The summed E-state index contributed by atoms with van der Waals surface area (Å²) in [5, 5.41) is 2.92. The van der Waals surface area contributed by atoms with E-state index in [1.807, 2.05) is 31.3 Å². The number of methoxy groups -OCH3 is 1. The number of nitrogens with two attached hydrogens (primary N) is 1. The maximum atomic E-state index is 12.0. The number of hydrogen-bond acceptors (Lipinski definition) is 4. The number of ether oxygens (including phenoxy) is 1. The molecule has 0 aliphatic heterocycles. The molecule has 20 heavy (non-hydrogen) atoms. The molecule has 1 aromatic carbocycles. The highest BCUT2D eigenvalue weighted by Crippen LogP contribution is 2.05. The highest BCUT2D eigenvalue weighted by Gasteiger charge is 2.06. The van der Waals surface area contributed by atoms with Crippen LogP contribution in [0.4, 0.5) is 0 Å². The van der Waals surface area contributed by atoms with E-state index in [0.717, 1.165) is 25.1 Å². The van der Waals surface area contributed by atoms with Crippen LogP contribution in [0, 0.1) is 0 Å². The van der Waals surface area contributed by atoms with Crippen LogP contribution in [-0.2, 0) is 11.2 Å². The van der Waals surface area contributed by atoms with E-state index < -0.39 is 0 Å². The Morgan fingerprint density at radius 1 is 1.40 bits per heavy atom. The van der Waals surface area contributed by atoms with E-state index in [-0.39, 0.29) is 5.91 Å². The summed E-state index contributed by atoms with van der Waals surface area (Å²) in [4.78, 5) is 14.1. The molecular weight excluding hydrogens is 254 g/mol. The molecule has 112 valence electrons. The highest BCUT2D eigenvalue weighted by atomic mass is 16.5. The van der Waals surface area contributed by atoms with E-state index >= 15 is 0 Å². The Hall–Kier alpha value is -1.43. The average Bonchev–Trinajstić information content (AvgIpc) is 2.45. The lowest BCUT2D eigenvalue weighted by molar-refractivity contribution is 0.0947. The first-order valence-electron chi connectivity index (χ1n) is 6.92. The lowest BCUT2D eigenvalue weighted by atomic mass is 10.1. The first-order chi connectivity index (χ1) is 9.67. The van der Waals surface area contributed by atoms with Crippen LogP contribution < -0.4 is 11.1 Å². The number of rotatable bonds is 9. The summed E-state index contributed by atoms with van der Waals surface area (Å²) in [7, 11) is 3.69. The molecule has 0 radical (unpaired) electrons. The second-order valence-corrected chi connectivity index (χ2v) is 4.79. The maximum Gasteiger partial charge on any atom is 0.251 e. The SMILES string of the molecule is COCCN(C)CCNC(=O)c1cccc(CCN)c1. The van der Waals surface area contributed by atoms with Crippen LogP contribution in [0.2, 0.25) is 0 Å². The minimum atomic E-state index is -0.0380. The van der Waals surface area contributed by atoms with Gasteiger partial charge in [-0.3, -0.25) is 4.79 Å². The normalized spacial score (nSPS) is 10.8. The summed E-state index contributed by atoms with van der Waals surface area (Å²) in [6.07, 6.45) is 0.793. The van der Waals surface area contributed by atoms with Gasteiger partial charge in [0.15, 0.2) is 0 Å². The van der Waals surface area contributed by atoms with Gasteiger partial charge in [-0.2, -0.15) is 0 Å². The maximum absolute atomic E-state index is 12.0. The lowest BCUT2D eigenvalue weighted by Crippen LogP contribution is -2.34. The van der Waals surface area contributed by atoms with Crippen LogP contribution in [0.5, 0.6) is 0 Å². The molecular formula is C15H25N3O2. The largest absolute Gasteiger partial charge is 0.383 e. The van der Waals surface area contributed by atoms with Gasteiger partial charge in [0.2, 0.25) is 0 Å². The van der Waals surface area contributed by atoms with Gasteiger partial charge in [0, 0.05) is 32.3 Å². The van der Waals surface area contributed by atoms with E-state index in [0.29, 0.717) is 25.3 Å². The van der Waals surface area contributed by atoms with Crippen LogP contribution in [0.3, 0.4) is 0 Å². The monoisotopic (exact) mass is 279 g/mol. The molecule has 0 unspecified atom stereocenters. The van der Waals surface area contributed by atoms with Gasteiger partial charge < -0.3 is 20.7 Å². The van der Waals surface area contributed by atoms with Gasteiger partial charge in [-0.25, -0.2) is 0 Å². The van der Waals surface area contributed by atoms with Crippen molar-refractivity contribution < 1.29 is 9.53 Å². The van der Waals surface area contributed by atoms with Crippen molar-refractivity contribution in [2.24, 2.45) is 5.73 Å². The van der Waals surface area contributed by atoms with Gasteiger partial charge in [-0.15, -0.1) is 0 Å². The molecule has 1 amide bonds. The third-order valence-electron chi connectivity index (χ3n) is 3.08. The van der Waals surface area contributed by atoms with Crippen LogP contribution in [0.25, 0.3) is 0 Å². The topological polar surface area (TPSA) is 67.6 Å². The zero-order valence-corrected chi connectivity index (χ0v) is 12.4. The van der Waals surface area contributed by atoms with Gasteiger partial charge in [-0.1, -0.05) is 12.1 Å². The molecule has 1 rings (SSSR count). The van der Waals surface area contributed by atoms with Gasteiger partial charge in [0.1, 0.15) is 0 Å². The summed E-state index contributed by atoms with van der Waals surface area (Å²) in [5.74, 6) is -0.0380. The number of hydrogen-bond donors (Lipinski definition) is 2. The summed E-state index contributed by atoms with van der Waals surface area (Å²) in [5.41, 5.74) is 7.31. The van der Waals surface area contributed by atoms with Gasteiger partial charge >= 0.3 is 0 Å². The predicted octanol–water partition coefficient (Wildman–Crippen LogP) is 0.496. The van der Waals surface area contributed by atoms with E-state index in [4.69, 9.17) is 10.5 Å². The van der Waals surface area contributed by atoms with Crippen LogP contribution in [0.15, 0.2) is 24.3 Å². The van der Waals surface area contributed by atoms with E-state index in [9.17, 15) is 4.79 Å². The molecule has 0 saturated heterocycles. The second kappa shape index (κ2) is 9.47. The number of amides is 1. The Labute approximate surface area is 121 Å². The fraction of sp³-hybridized carbons (Fsp3) is 0.533. The zero-order valence-electron chi connectivity index (χ0n) is 12.4. The Balaban J connectivity index is 2.37. The average molecular weight is 279 g/mol. The zero-order chi connectivity index (χ0) is 14.8. The van der Waals surface area contributed by atoms with Crippen molar-refractivity contribution in [3.05, 3.63) is 35.4 Å². The Morgan fingerprint density at radius 3 is 2.90 bits per heavy atom. The van der Waals surface area contributed by atoms with Crippen molar-refractivity contribution >= 4 is 5.91 Å². The molecule has 0 fully saturated rings. The molecule has 0 bridgehead atoms. The van der Waals surface area contributed by atoms with E-state index in [1.54, 1.807) is 7.11 Å². The summed E-state index contributed by atoms with van der Waals surface area (Å²) in [6, 6.07) is 7.60. The van der Waals surface area contributed by atoms with Gasteiger partial charge in [-0.05, 0) is 37.7 Å². The van der Waals surface area contributed by atoms with Gasteiger partial charge in [0.05, 0.1) is 6.61 Å². The van der Waals surface area contributed by atoms with Crippen LogP contribution in [-0.4, -0.2) is 57.8 Å². The number of carbonyl (C=O) groups is 1. The number of nitrogens with one attached hydrogen (secondary N) is 1. The van der Waals surface area contributed by atoms with Gasteiger partial charge in [0.25, 0.3) is 5.91 Å². The first kappa shape index (κ1) is 16.6. The Kier molecular flexibility index (Phi) is 7.87. The van der Waals surface area contributed by atoms with Crippen molar-refractivity contribution in [1.29, 1.82) is 0 Å². The highest BCUT2D eigenvalue weighted by molar-refractivity contribution is 5.94. The molecule has 0 atom stereocenters. The fourth-order valence-electron chi connectivity index (χ4n) is 1.86. The second-order valence-electron chi connectivity index (χ2n) is 4.79. The van der Waals surface area contributed by atoms with Crippen LogP contribution in [0.1, 0.15) is 15.9 Å². The number of likely N-dealkylation sites (N-methyl/N-ethyl adjacent to an activating group) is 1. The first-order valence-corrected chi connectivity index (χ1v) is 6.92. The quantitative estimate of drug-likeness (QED) is 0.690. The molecule has 0 aliphatic rings. The molecule has 0 aromatic heterocycles. The minimum Gasteiger partial charge on any atom is -0.383 e. The molecule has 5 heteroatoms. The summed E-state index contributed by atoms with van der Waals surface area (Å²) >= 11 is 0. The minimum absolute atomic E-state index is 0.0380. The predicted molar refractivity (Wildman–Crippen MR) is 80.9 cm³/mol. The smallest absolute Gasteiger partial charge is 0.251 e. The van der Waals surface area contributed by atoms with Crippen molar-refractivity contribution in [2.45, 2.75) is 6.42 Å². The Morgan fingerprint density at radius 2 is 2.20 bits per heavy atom. The van der Waals surface area contributed by atoms with Crippen LogP contribution >= 0.6 is 0 Å². The molecule has 0 heterocycles. The van der Waals surface area contributed by atoms with E-state index in [2.05, 4.69) is 10.2 Å². The molecule has 3 N–H and O–H groups in total. The Bertz CT molecular complexity index is 410. The molecule has 1 aromatic rings. The lowest BCUT2D eigenvalue weighted by Gasteiger charge is -2.16. The molecule has 0 saturated carbocycles. The third-order valence-corrected chi connectivity index (χ3v) is 3.08. The van der Waals surface area contributed by atoms with E-state index in [1.165, 1.54) is 0 Å². The molecule has 0 spiro atoms. The molecule has 5 nitrogen and oxygen atoms in total. The van der Waals surface area contributed by atoms with Crippen molar-refractivity contribution in [1.82, 2.24) is 10.2 Å². The number of benzene rings is 1. The van der Waals surface area contributed by atoms with Crippen molar-refractivity contribution in [3.8, 4) is 0 Å². The molecule has 0 aliphatic carbocycles. The van der Waals surface area contributed by atoms with Crippen molar-refractivity contribution in [3.63, 3.8) is 0 Å². The third kappa shape index (κ3) is 6.14. The summed E-state index contributed by atoms with van der Waals surface area (Å²) < 4.78 is 5.01. The standard InChI is InChI=1S/C15H25N3O2/c1-18(10-11-20-2)9-8-17-15(19)14-5-3-4-13(12-14)6-7-16/h3-5,12H,6-11,16H2,1-2H3,(H,17,19). The van der Waals surface area contributed by atoms with Crippen molar-refractivity contribution in [2.75, 3.05) is 46.9 Å². The number of nitrogens with zero attached hydrogens (tertiary/aromatic N) is 1. The number of carbonyl (C=O) groups excluding carboxylic acids is 1. The summed E-state index contributed by atoms with van der Waals surface area (Å²) in [6.45, 7) is 3.58. The fourth-order valence-corrected chi connectivity index (χ4v) is 1.86.